The number of aliphatic imine (C=N–C) groups is 1. The molecule has 228 valence electrons. The van der Waals surface area contributed by atoms with Crippen LogP contribution in [0.4, 0.5) is 0 Å². The van der Waals surface area contributed by atoms with E-state index in [1.807, 2.05) is 19.9 Å². The first-order valence-electron chi connectivity index (χ1n) is 13.8. The molecule has 1 aromatic carbocycles. The lowest BCUT2D eigenvalue weighted by atomic mass is 9.87. The standard InChI is InChI=1S/C27H37N6O8P/c1-4-18(5-2)13-38-26(36)17(3)32-42(37,41-19-9-7-6-8-10-19)39-14-21-23(34)24(35)27(15-28,40-21)22-12-11-20-25(29)30-16-31-33(20)22/h6-11,16-18,21-24,34-35H,4-5,12-14H2,1-3H3,(H,32,37)(H2,29,30,31)/t17-,21+,22?,23+,24+,27-,42?/m0/s1. The van der Waals surface area contributed by atoms with Crippen LogP contribution >= 0.6 is 7.75 Å². The number of nitriles is 1. The number of benzene rings is 1. The zero-order valence-corrected chi connectivity index (χ0v) is 24.6. The normalized spacial score (nSPS) is 28.8. The Labute approximate surface area is 244 Å². The van der Waals surface area contributed by atoms with Gasteiger partial charge in [-0.3, -0.25) is 14.3 Å². The van der Waals surface area contributed by atoms with Gasteiger partial charge in [0.25, 0.3) is 0 Å². The molecule has 2 unspecified atom stereocenters. The number of hydrazone groups is 1. The lowest BCUT2D eigenvalue weighted by Crippen LogP contribution is -2.56. The maximum atomic E-state index is 13.9. The molecule has 3 heterocycles. The Hall–Kier alpha value is -3.31. The number of para-hydroxylation sites is 1. The number of nitrogens with zero attached hydrogens (tertiary/aromatic N) is 4. The van der Waals surface area contributed by atoms with E-state index in [1.165, 1.54) is 18.3 Å². The van der Waals surface area contributed by atoms with Crippen molar-refractivity contribution in [2.75, 3.05) is 13.2 Å². The molecule has 0 spiro atoms. The quantitative estimate of drug-likeness (QED) is 0.188. The zero-order valence-electron chi connectivity index (χ0n) is 23.7. The summed E-state index contributed by atoms with van der Waals surface area (Å²) in [5, 5.41) is 40.3. The molecule has 0 aliphatic carbocycles. The number of fused-ring (bicyclic) bond motifs is 1. The highest BCUT2D eigenvalue weighted by atomic mass is 31.2. The SMILES string of the molecule is CCC(CC)COC(=O)[C@H](C)NP(=O)(OC[C@H]1O[C@@](C#N)(C2CC=C3C(N)=NC=NN32)[C@H](O)[C@@H]1O)Oc1ccccc1. The van der Waals surface area contributed by atoms with E-state index in [0.29, 0.717) is 5.70 Å². The summed E-state index contributed by atoms with van der Waals surface area (Å²) in [5.41, 5.74) is 4.45. The Morgan fingerprint density at radius 1 is 1.33 bits per heavy atom. The fourth-order valence-corrected chi connectivity index (χ4v) is 6.46. The third-order valence-corrected chi connectivity index (χ3v) is 9.21. The van der Waals surface area contributed by atoms with Crippen molar-refractivity contribution in [1.29, 1.82) is 5.26 Å². The van der Waals surface area contributed by atoms with Gasteiger partial charge >= 0.3 is 13.7 Å². The fraction of sp³-hybridized carbons (Fsp3) is 0.556. The van der Waals surface area contributed by atoms with Crippen LogP contribution in [-0.2, 0) is 23.4 Å². The van der Waals surface area contributed by atoms with Crippen molar-refractivity contribution in [3.63, 3.8) is 0 Å². The summed E-state index contributed by atoms with van der Waals surface area (Å²) in [5.74, 6) is -0.0702. The lowest BCUT2D eigenvalue weighted by Gasteiger charge is -2.36. The highest BCUT2D eigenvalue weighted by Crippen LogP contribution is 2.47. The minimum absolute atomic E-state index is 0.186. The van der Waals surface area contributed by atoms with Crippen LogP contribution in [0.5, 0.6) is 5.75 Å². The van der Waals surface area contributed by atoms with Crippen LogP contribution in [0.3, 0.4) is 0 Å². The number of nitrogens with one attached hydrogen (secondary N) is 1. The largest absolute Gasteiger partial charge is 0.464 e. The van der Waals surface area contributed by atoms with Crippen molar-refractivity contribution < 1.29 is 38.1 Å². The summed E-state index contributed by atoms with van der Waals surface area (Å²) in [6.07, 6.45) is 0.263. The number of aliphatic hydroxyl groups is 2. The topological polar surface area (TPSA) is 201 Å². The molecular formula is C27H37N6O8P. The van der Waals surface area contributed by atoms with Crippen molar-refractivity contribution in [2.45, 2.75) is 76.0 Å². The second-order valence-electron chi connectivity index (χ2n) is 10.3. The van der Waals surface area contributed by atoms with Gasteiger partial charge in [0.1, 0.15) is 48.6 Å². The molecule has 1 fully saturated rings. The second kappa shape index (κ2) is 13.3. The fourth-order valence-electron chi connectivity index (χ4n) is 4.96. The van der Waals surface area contributed by atoms with Gasteiger partial charge in [-0.15, -0.1) is 0 Å². The van der Waals surface area contributed by atoms with E-state index in [1.54, 1.807) is 36.4 Å². The van der Waals surface area contributed by atoms with Crippen molar-refractivity contribution in [2.24, 2.45) is 21.7 Å². The van der Waals surface area contributed by atoms with E-state index in [9.17, 15) is 24.8 Å². The first-order valence-corrected chi connectivity index (χ1v) is 15.4. The number of amidine groups is 1. The molecule has 15 heteroatoms. The smallest absolute Gasteiger partial charge is 0.459 e. The number of esters is 1. The molecule has 3 aliphatic rings. The minimum atomic E-state index is -4.30. The molecule has 1 aromatic rings. The van der Waals surface area contributed by atoms with Gasteiger partial charge < -0.3 is 29.9 Å². The summed E-state index contributed by atoms with van der Waals surface area (Å²) >= 11 is 0. The van der Waals surface area contributed by atoms with Crippen LogP contribution in [0.25, 0.3) is 0 Å². The lowest BCUT2D eigenvalue weighted by molar-refractivity contribution is -0.146. The van der Waals surface area contributed by atoms with Gasteiger partial charge in [-0.05, 0) is 31.4 Å². The number of rotatable bonds is 13. The van der Waals surface area contributed by atoms with Crippen LogP contribution in [0.1, 0.15) is 40.0 Å². The number of hydrogen-bond acceptors (Lipinski definition) is 13. The molecule has 3 aliphatic heterocycles. The summed E-state index contributed by atoms with van der Waals surface area (Å²) in [7, 11) is -4.30. The van der Waals surface area contributed by atoms with Gasteiger partial charge in [-0.1, -0.05) is 51.0 Å². The molecule has 0 radical (unpaired) electrons. The van der Waals surface area contributed by atoms with Crippen LogP contribution in [-0.4, -0.2) is 82.6 Å². The molecule has 4 rings (SSSR count). The van der Waals surface area contributed by atoms with Crippen molar-refractivity contribution in [3.8, 4) is 11.8 Å². The summed E-state index contributed by atoms with van der Waals surface area (Å²) in [4.78, 5) is 16.6. The third-order valence-electron chi connectivity index (χ3n) is 7.57. The molecule has 0 amide bonds. The number of carbonyl (C=O) groups is 1. The second-order valence-corrected chi connectivity index (χ2v) is 12.0. The molecule has 5 N–H and O–H groups in total. The third kappa shape index (κ3) is 6.52. The van der Waals surface area contributed by atoms with Crippen LogP contribution in [0.15, 0.2) is 52.2 Å². The number of hydrogen-bond donors (Lipinski definition) is 4. The van der Waals surface area contributed by atoms with Crippen LogP contribution in [0, 0.1) is 17.2 Å². The van der Waals surface area contributed by atoms with Crippen molar-refractivity contribution in [3.05, 3.63) is 42.1 Å². The van der Waals surface area contributed by atoms with E-state index in [-0.39, 0.29) is 30.5 Å². The number of ether oxygens (including phenoxy) is 2. The highest BCUT2D eigenvalue weighted by molar-refractivity contribution is 7.52. The van der Waals surface area contributed by atoms with Gasteiger partial charge in [0, 0.05) is 0 Å². The van der Waals surface area contributed by atoms with Gasteiger partial charge in [-0.25, -0.2) is 9.56 Å². The maximum absolute atomic E-state index is 13.9. The Balaban J connectivity index is 1.48. The molecule has 14 nitrogen and oxygen atoms in total. The Morgan fingerprint density at radius 2 is 2.05 bits per heavy atom. The number of aliphatic hydroxyl groups excluding tert-OH is 2. The zero-order chi connectivity index (χ0) is 30.5. The van der Waals surface area contributed by atoms with Gasteiger partial charge in [0.2, 0.25) is 5.60 Å². The summed E-state index contributed by atoms with van der Waals surface area (Å²) in [6.45, 7) is 5.12. The number of carbonyl (C=O) groups excluding carboxylic acids is 1. The van der Waals surface area contributed by atoms with E-state index < -0.39 is 56.3 Å². The minimum Gasteiger partial charge on any atom is -0.464 e. The van der Waals surface area contributed by atoms with Gasteiger partial charge in [0.05, 0.1) is 18.9 Å². The van der Waals surface area contributed by atoms with Crippen LogP contribution in [0.2, 0.25) is 0 Å². The molecule has 0 aromatic heterocycles. The molecular weight excluding hydrogens is 567 g/mol. The first-order chi connectivity index (χ1) is 20.1. The molecule has 42 heavy (non-hydrogen) atoms. The predicted octanol–water partition coefficient (Wildman–Crippen LogP) is 1.80. The average Bonchev–Trinajstić information content (AvgIpc) is 3.53. The molecule has 0 saturated carbocycles. The van der Waals surface area contributed by atoms with Gasteiger partial charge in [-0.2, -0.15) is 15.5 Å². The Morgan fingerprint density at radius 3 is 2.71 bits per heavy atom. The monoisotopic (exact) mass is 604 g/mol. The Kier molecular flexibility index (Phi) is 10.0. The molecule has 1 saturated heterocycles. The van der Waals surface area contributed by atoms with Gasteiger partial charge in [0.15, 0.2) is 5.84 Å². The van der Waals surface area contributed by atoms with Crippen molar-refractivity contribution >= 4 is 25.9 Å². The maximum Gasteiger partial charge on any atom is 0.459 e. The predicted molar refractivity (Wildman–Crippen MR) is 152 cm³/mol. The molecule has 7 atom stereocenters. The van der Waals surface area contributed by atoms with E-state index >= 15 is 0 Å². The van der Waals surface area contributed by atoms with E-state index in [2.05, 4.69) is 15.2 Å². The average molecular weight is 605 g/mol. The first kappa shape index (κ1) is 31.6. The molecule has 0 bridgehead atoms. The van der Waals surface area contributed by atoms with E-state index in [0.717, 1.165) is 12.8 Å². The number of nitrogens with two attached hydrogens (primary N) is 1. The van der Waals surface area contributed by atoms with E-state index in [4.69, 9.17) is 24.3 Å². The van der Waals surface area contributed by atoms with Crippen molar-refractivity contribution in [1.82, 2.24) is 10.1 Å². The summed E-state index contributed by atoms with van der Waals surface area (Å²) in [6, 6.07) is 8.25. The highest BCUT2D eigenvalue weighted by Gasteiger charge is 2.62. The summed E-state index contributed by atoms with van der Waals surface area (Å²) < 4.78 is 36.6. The van der Waals surface area contributed by atoms with Crippen LogP contribution < -0.4 is 15.3 Å². The Bertz CT molecular complexity index is 1300.